The summed E-state index contributed by atoms with van der Waals surface area (Å²) in [4.78, 5) is 0. The van der Waals surface area contributed by atoms with Crippen molar-refractivity contribution >= 4 is 27.5 Å². The van der Waals surface area contributed by atoms with Crippen LogP contribution >= 0.6 is 0 Å². The fourth-order valence-corrected chi connectivity index (χ4v) is 48.8. The van der Waals surface area contributed by atoms with E-state index in [1.807, 2.05) is 0 Å². The first kappa shape index (κ1) is 36.7. The van der Waals surface area contributed by atoms with Gasteiger partial charge in [-0.15, -0.1) is 0 Å². The number of fused-ring (bicyclic) bond motifs is 2. The molecule has 6 aromatic carbocycles. The van der Waals surface area contributed by atoms with Crippen LogP contribution in [-0.2, 0) is 11.5 Å². The van der Waals surface area contributed by atoms with Crippen LogP contribution in [0.1, 0.15) is 84.1 Å². The molecule has 0 aromatic heterocycles. The van der Waals surface area contributed by atoms with Crippen molar-refractivity contribution in [3.63, 3.8) is 0 Å². The van der Waals surface area contributed by atoms with Gasteiger partial charge in [-0.1, -0.05) is 0 Å². The van der Waals surface area contributed by atoms with E-state index in [0.29, 0.717) is 0 Å². The average molecular weight is 757 g/mol. The number of benzene rings is 6. The second kappa shape index (κ2) is 12.9. The van der Waals surface area contributed by atoms with Crippen molar-refractivity contribution in [1.29, 1.82) is 0 Å². The molecule has 6 aromatic rings. The zero-order chi connectivity index (χ0) is 37.5. The summed E-state index contributed by atoms with van der Waals surface area (Å²) in [6, 6.07) is 61.2. The van der Waals surface area contributed by atoms with Crippen molar-refractivity contribution in [2.24, 2.45) is 0 Å². The molecule has 8 rings (SSSR count). The van der Waals surface area contributed by atoms with Gasteiger partial charge in [0.1, 0.15) is 0 Å². The molecule has 0 N–H and O–H groups in total. The standard InChI is InChI=1S/2C16H13.2C6H5.2C4H9.H2Si.Ti/c2*1-12-10-14-8-5-9-15(16(14)11-12)13-6-3-2-4-7-13;2*1-2-4-6-5-3-1;2*1-3-4-2;;/h2*2-11H,1H3;2*1-5H;2*1,3-4H2,2H3;1H2;. The molecule has 0 radical (unpaired) electrons. The van der Waals surface area contributed by atoms with Gasteiger partial charge in [0.2, 0.25) is 0 Å². The summed E-state index contributed by atoms with van der Waals surface area (Å²) in [6.45, 7) is 9.87. The van der Waals surface area contributed by atoms with Crippen LogP contribution in [0.5, 0.6) is 0 Å². The van der Waals surface area contributed by atoms with Crippen molar-refractivity contribution in [3.05, 3.63) is 191 Å². The van der Waals surface area contributed by atoms with Crippen molar-refractivity contribution in [2.45, 2.75) is 71.3 Å². The number of hydrogen-bond donors (Lipinski definition) is 0. The second-order valence-electron chi connectivity index (χ2n) is 17.8. The van der Waals surface area contributed by atoms with Crippen molar-refractivity contribution in [3.8, 4) is 22.3 Å². The Hall–Kier alpha value is -4.27. The molecular weight excluding hydrogens is 701 g/mol. The number of allylic oxidation sites excluding steroid dienone is 2. The molecule has 272 valence electrons. The first-order valence-electron chi connectivity index (χ1n) is 20.5. The van der Waals surface area contributed by atoms with Crippen molar-refractivity contribution < 1.29 is 11.5 Å². The zero-order valence-corrected chi connectivity index (χ0v) is 35.7. The molecule has 0 saturated heterocycles. The monoisotopic (exact) mass is 756 g/mol. The third kappa shape index (κ3) is 4.53. The summed E-state index contributed by atoms with van der Waals surface area (Å²) in [6.07, 6.45) is 9.88. The predicted molar refractivity (Wildman–Crippen MR) is 237 cm³/mol. The van der Waals surface area contributed by atoms with Gasteiger partial charge < -0.3 is 0 Å². The van der Waals surface area contributed by atoms with E-state index in [-0.39, 0.29) is 8.45 Å². The van der Waals surface area contributed by atoms with E-state index in [4.69, 9.17) is 0 Å². The van der Waals surface area contributed by atoms with E-state index in [0.717, 1.165) is 12.8 Å². The number of hydrogen-bond acceptors (Lipinski definition) is 0. The fraction of sp³-hybridized carbons (Fsp3) is 0.231. The Bertz CT molecular complexity index is 2360. The summed E-state index contributed by atoms with van der Waals surface area (Å²) in [5.74, 6) is 0. The van der Waals surface area contributed by atoms with Crippen molar-refractivity contribution in [1.82, 2.24) is 0 Å². The molecule has 0 spiro atoms. The van der Waals surface area contributed by atoms with Crippen LogP contribution in [0.25, 0.3) is 34.4 Å². The average Bonchev–Trinajstić information content (AvgIpc) is 3.78. The van der Waals surface area contributed by atoms with Crippen LogP contribution in [0.15, 0.2) is 169 Å². The van der Waals surface area contributed by atoms with Crippen molar-refractivity contribution in [2.75, 3.05) is 0 Å². The minimum atomic E-state index is -5.96. The van der Waals surface area contributed by atoms with Gasteiger partial charge in [0.05, 0.1) is 0 Å². The van der Waals surface area contributed by atoms with E-state index in [1.54, 1.807) is 7.74 Å². The molecule has 0 fully saturated rings. The Morgan fingerprint density at radius 2 is 0.796 bits per heavy atom. The molecule has 2 heteroatoms. The van der Waals surface area contributed by atoms with Gasteiger partial charge in [-0.3, -0.25) is 0 Å². The van der Waals surface area contributed by atoms with Gasteiger partial charge in [-0.25, -0.2) is 0 Å². The van der Waals surface area contributed by atoms with Gasteiger partial charge in [-0.05, 0) is 0 Å². The van der Waals surface area contributed by atoms with Gasteiger partial charge in [-0.2, -0.15) is 0 Å². The van der Waals surface area contributed by atoms with Gasteiger partial charge in [0.25, 0.3) is 0 Å². The third-order valence-corrected chi connectivity index (χ3v) is 48.7. The summed E-state index contributed by atoms with van der Waals surface area (Å²) in [5, 5.41) is 0. The minimum absolute atomic E-state index is 0.211. The molecule has 0 amide bonds. The molecule has 2 aliphatic rings. The number of rotatable bonds is 12. The Morgan fingerprint density at radius 1 is 0.444 bits per heavy atom. The SMILES string of the molecule is CCC[CH2][Ti](=[SiH2])([CH2]CCC)([c]1ccccc1)([c]1ccccc1)([CH]1C(C)=Cc2c(-c3ccccc3)cccc21)[CH]1C(C)=Cc2c(-c3ccccc3)cccc21. The first-order valence-corrected chi connectivity index (χ1v) is 30.1. The third-order valence-electron chi connectivity index (χ3n) is 15.4. The van der Waals surface area contributed by atoms with E-state index in [1.165, 1.54) is 77.9 Å². The van der Waals surface area contributed by atoms with Gasteiger partial charge in [0.15, 0.2) is 0 Å². The molecule has 2 unspecified atom stereocenters. The summed E-state index contributed by atoms with van der Waals surface area (Å²) in [7, 11) is 2.61. The van der Waals surface area contributed by atoms with Gasteiger partial charge in [0, 0.05) is 0 Å². The Labute approximate surface area is 321 Å². The Balaban J connectivity index is 1.66. The Morgan fingerprint density at radius 3 is 1.15 bits per heavy atom. The normalized spacial score (nSPS) is 18.3. The fourth-order valence-electron chi connectivity index (χ4n) is 13.7. The van der Waals surface area contributed by atoms with E-state index in [2.05, 4.69) is 205 Å². The molecule has 0 nitrogen and oxygen atoms in total. The van der Waals surface area contributed by atoms with E-state index < -0.39 is 11.5 Å². The summed E-state index contributed by atoms with van der Waals surface area (Å²) < 4.78 is 6.01. The Kier molecular flexibility index (Phi) is 8.77. The molecule has 2 aliphatic carbocycles. The topological polar surface area (TPSA) is 0 Å². The molecule has 0 aliphatic heterocycles. The summed E-state index contributed by atoms with van der Waals surface area (Å²) in [5.41, 5.74) is 14.2. The van der Waals surface area contributed by atoms with E-state index in [9.17, 15) is 0 Å². The molecule has 2 atom stereocenters. The predicted octanol–water partition coefficient (Wildman–Crippen LogP) is 13.0. The second-order valence-corrected chi connectivity index (χ2v) is 45.6. The quantitative estimate of drug-likeness (QED) is 0.109. The molecule has 0 bridgehead atoms. The number of unbranched alkanes of at least 4 members (excludes halogenated alkanes) is 2. The zero-order valence-electron chi connectivity index (χ0n) is 32.8. The maximum absolute atomic E-state index is 5.96. The van der Waals surface area contributed by atoms with Crippen LogP contribution < -0.4 is 7.74 Å². The van der Waals surface area contributed by atoms with Crippen LogP contribution in [0.4, 0.5) is 0 Å². The van der Waals surface area contributed by atoms with Crippen LogP contribution in [0, 0.1) is 0 Å². The van der Waals surface area contributed by atoms with Gasteiger partial charge >= 0.3 is 324 Å². The first-order chi connectivity index (χ1) is 26.2. The van der Waals surface area contributed by atoms with Crippen LogP contribution in [0.2, 0.25) is 9.45 Å². The molecule has 54 heavy (non-hydrogen) atoms. The van der Waals surface area contributed by atoms with Crippen LogP contribution in [-0.4, -0.2) is 7.63 Å². The molecule has 0 heterocycles. The molecule has 0 saturated carbocycles. The maximum atomic E-state index is 2.62. The molecular formula is C52H56SiTi. The van der Waals surface area contributed by atoms with E-state index >= 15 is 0 Å². The van der Waals surface area contributed by atoms with Crippen LogP contribution in [0.3, 0.4) is 0 Å². The summed E-state index contributed by atoms with van der Waals surface area (Å²) >= 11 is -5.96.